The van der Waals surface area contributed by atoms with Gasteiger partial charge in [0, 0.05) is 24.3 Å². The van der Waals surface area contributed by atoms with Crippen LogP contribution in [0.3, 0.4) is 0 Å². The second-order valence-corrected chi connectivity index (χ2v) is 7.91. The maximum Gasteiger partial charge on any atom is 0.410 e. The molecule has 1 N–H and O–H groups in total. The molecule has 0 bridgehead atoms. The smallest absolute Gasteiger partial charge is 0.410 e. The van der Waals surface area contributed by atoms with Gasteiger partial charge in [-0.2, -0.15) is 0 Å². The van der Waals surface area contributed by atoms with Crippen molar-refractivity contribution in [2.45, 2.75) is 45.8 Å². The maximum absolute atomic E-state index is 13.4. The normalized spacial score (nSPS) is 20.5. The summed E-state index contributed by atoms with van der Waals surface area (Å²) in [5, 5.41) is 2.58. The molecule has 138 valence electrons. The Morgan fingerprint density at radius 3 is 2.52 bits per heavy atom. The summed E-state index contributed by atoms with van der Waals surface area (Å²) in [6.07, 6.45) is 0.00255. The zero-order valence-corrected chi connectivity index (χ0v) is 16.1. The highest BCUT2D eigenvalue weighted by Gasteiger charge is 2.39. The third kappa shape index (κ3) is 4.68. The summed E-state index contributed by atoms with van der Waals surface area (Å²) in [5.41, 5.74) is -0.464. The van der Waals surface area contributed by atoms with Gasteiger partial charge in [-0.3, -0.25) is 4.79 Å². The fourth-order valence-corrected chi connectivity index (χ4v) is 3.17. The molecular weight excluding hydrogens is 398 g/mol. The predicted molar refractivity (Wildman–Crippen MR) is 93.2 cm³/mol. The van der Waals surface area contributed by atoms with Crippen LogP contribution in [0.1, 0.15) is 34.1 Å². The van der Waals surface area contributed by atoms with E-state index < -0.39 is 29.2 Å². The standard InChI is InChI=1S/C17H21BrF2N2O3/c1-9-11(5-6-22(9)16(24)25-17(2,3)4)15(23)21-10-7-12(18)14(20)13(19)8-10/h7-9,11H,5-6H2,1-4H3,(H,21,23)/t9-,11-/m0/s1. The van der Waals surface area contributed by atoms with Gasteiger partial charge in [-0.25, -0.2) is 13.6 Å². The molecule has 0 unspecified atom stereocenters. The molecule has 2 rings (SSSR count). The average molecular weight is 419 g/mol. The van der Waals surface area contributed by atoms with Gasteiger partial charge in [0.25, 0.3) is 0 Å². The fraction of sp³-hybridized carbons (Fsp3) is 0.529. The lowest BCUT2D eigenvalue weighted by Crippen LogP contribution is -2.41. The van der Waals surface area contributed by atoms with Crippen molar-refractivity contribution in [2.24, 2.45) is 5.92 Å². The third-order valence-corrected chi connectivity index (χ3v) is 4.55. The minimum atomic E-state index is -1.06. The Labute approximate surface area is 153 Å². The molecule has 8 heteroatoms. The third-order valence-electron chi connectivity index (χ3n) is 3.97. The van der Waals surface area contributed by atoms with Crippen LogP contribution >= 0.6 is 15.9 Å². The van der Waals surface area contributed by atoms with Gasteiger partial charge in [-0.1, -0.05) is 0 Å². The minimum Gasteiger partial charge on any atom is -0.444 e. The van der Waals surface area contributed by atoms with Crippen LogP contribution < -0.4 is 5.32 Å². The van der Waals surface area contributed by atoms with E-state index in [9.17, 15) is 18.4 Å². The Morgan fingerprint density at radius 1 is 1.32 bits per heavy atom. The van der Waals surface area contributed by atoms with E-state index in [4.69, 9.17) is 4.74 Å². The van der Waals surface area contributed by atoms with Crippen LogP contribution in [-0.4, -0.2) is 35.1 Å². The van der Waals surface area contributed by atoms with Crippen molar-refractivity contribution in [3.8, 4) is 0 Å². The zero-order chi connectivity index (χ0) is 18.9. The number of halogens is 3. The van der Waals surface area contributed by atoms with Gasteiger partial charge >= 0.3 is 6.09 Å². The molecule has 0 spiro atoms. The van der Waals surface area contributed by atoms with Crippen LogP contribution in [0.5, 0.6) is 0 Å². The molecule has 1 aromatic carbocycles. The molecule has 0 radical (unpaired) electrons. The van der Waals surface area contributed by atoms with E-state index >= 15 is 0 Å². The van der Waals surface area contributed by atoms with E-state index in [0.717, 1.165) is 6.07 Å². The van der Waals surface area contributed by atoms with Gasteiger partial charge in [0.15, 0.2) is 11.6 Å². The summed E-state index contributed by atoms with van der Waals surface area (Å²) in [6.45, 7) is 7.49. The van der Waals surface area contributed by atoms with Gasteiger partial charge in [0.2, 0.25) is 5.91 Å². The number of benzene rings is 1. The SMILES string of the molecule is C[C@H]1[C@@H](C(=O)Nc2cc(F)c(F)c(Br)c2)CCN1C(=O)OC(C)(C)C. The lowest BCUT2D eigenvalue weighted by Gasteiger charge is -2.28. The monoisotopic (exact) mass is 418 g/mol. The highest BCUT2D eigenvalue weighted by molar-refractivity contribution is 9.10. The van der Waals surface area contributed by atoms with Crippen molar-refractivity contribution in [1.29, 1.82) is 0 Å². The molecule has 1 saturated heterocycles. The molecule has 1 aliphatic heterocycles. The van der Waals surface area contributed by atoms with Crippen molar-refractivity contribution in [3.05, 3.63) is 28.2 Å². The lowest BCUT2D eigenvalue weighted by atomic mass is 10.0. The zero-order valence-electron chi connectivity index (χ0n) is 14.5. The van der Waals surface area contributed by atoms with Gasteiger partial charge in [0.05, 0.1) is 10.4 Å². The van der Waals surface area contributed by atoms with E-state index in [-0.39, 0.29) is 22.1 Å². The van der Waals surface area contributed by atoms with E-state index in [1.165, 1.54) is 11.0 Å². The topological polar surface area (TPSA) is 58.6 Å². The Kier molecular flexibility index (Phi) is 5.71. The van der Waals surface area contributed by atoms with E-state index in [1.807, 2.05) is 0 Å². The molecule has 1 aliphatic rings. The summed E-state index contributed by atoms with van der Waals surface area (Å²) in [5.74, 6) is -2.88. The van der Waals surface area contributed by atoms with Crippen molar-refractivity contribution in [1.82, 2.24) is 4.90 Å². The predicted octanol–water partition coefficient (Wildman–Crippen LogP) is 4.31. The molecule has 0 saturated carbocycles. The van der Waals surface area contributed by atoms with E-state index in [1.54, 1.807) is 27.7 Å². The number of ether oxygens (including phenoxy) is 1. The number of carbonyl (C=O) groups is 2. The highest BCUT2D eigenvalue weighted by Crippen LogP contribution is 2.29. The van der Waals surface area contributed by atoms with Gasteiger partial charge < -0.3 is 15.0 Å². The first-order valence-electron chi connectivity index (χ1n) is 7.94. The molecule has 1 aromatic rings. The van der Waals surface area contributed by atoms with Crippen LogP contribution in [-0.2, 0) is 9.53 Å². The molecule has 2 atom stereocenters. The quantitative estimate of drug-likeness (QED) is 0.727. The molecule has 0 aliphatic carbocycles. The number of rotatable bonds is 2. The fourth-order valence-electron chi connectivity index (χ4n) is 2.73. The average Bonchev–Trinajstić information content (AvgIpc) is 2.84. The van der Waals surface area contributed by atoms with Crippen molar-refractivity contribution in [2.75, 3.05) is 11.9 Å². The molecule has 0 aromatic heterocycles. The number of likely N-dealkylation sites (tertiary alicyclic amines) is 1. The first-order chi connectivity index (χ1) is 11.5. The second-order valence-electron chi connectivity index (χ2n) is 7.05. The Bertz CT molecular complexity index is 668. The number of nitrogens with one attached hydrogen (secondary N) is 1. The molecule has 1 heterocycles. The Morgan fingerprint density at radius 2 is 1.96 bits per heavy atom. The number of amides is 2. The first kappa shape index (κ1) is 19.6. The van der Waals surface area contributed by atoms with Gasteiger partial charge in [-0.15, -0.1) is 0 Å². The lowest BCUT2D eigenvalue weighted by molar-refractivity contribution is -0.120. The summed E-state index contributed by atoms with van der Waals surface area (Å²) in [4.78, 5) is 26.2. The van der Waals surface area contributed by atoms with Crippen LogP contribution in [0.4, 0.5) is 19.3 Å². The summed E-state index contributed by atoms with van der Waals surface area (Å²) in [7, 11) is 0. The Hall–Kier alpha value is -1.70. The number of hydrogen-bond donors (Lipinski definition) is 1. The largest absolute Gasteiger partial charge is 0.444 e. The van der Waals surface area contributed by atoms with E-state index in [2.05, 4.69) is 21.2 Å². The molecular formula is C17H21BrF2N2O3. The van der Waals surface area contributed by atoms with Gasteiger partial charge in [0.1, 0.15) is 5.60 Å². The number of anilines is 1. The second kappa shape index (κ2) is 7.27. The molecule has 5 nitrogen and oxygen atoms in total. The van der Waals surface area contributed by atoms with E-state index in [0.29, 0.717) is 13.0 Å². The molecule has 1 fully saturated rings. The summed E-state index contributed by atoms with van der Waals surface area (Å²) in [6, 6.07) is 1.86. The van der Waals surface area contributed by atoms with Crippen molar-refractivity contribution in [3.63, 3.8) is 0 Å². The highest BCUT2D eigenvalue weighted by atomic mass is 79.9. The number of nitrogens with zero attached hydrogens (tertiary/aromatic N) is 1. The molecule has 25 heavy (non-hydrogen) atoms. The first-order valence-corrected chi connectivity index (χ1v) is 8.74. The van der Waals surface area contributed by atoms with Crippen molar-refractivity contribution >= 4 is 33.6 Å². The number of hydrogen-bond acceptors (Lipinski definition) is 3. The minimum absolute atomic E-state index is 0.0716. The van der Waals surface area contributed by atoms with Gasteiger partial charge in [-0.05, 0) is 56.1 Å². The summed E-state index contributed by atoms with van der Waals surface area (Å²) < 4.78 is 32.0. The maximum atomic E-state index is 13.4. The van der Waals surface area contributed by atoms with Crippen LogP contribution in [0, 0.1) is 17.6 Å². The molecule has 2 amide bonds. The van der Waals surface area contributed by atoms with Crippen LogP contribution in [0.15, 0.2) is 16.6 Å². The summed E-state index contributed by atoms with van der Waals surface area (Å²) >= 11 is 2.90. The van der Waals surface area contributed by atoms with Crippen molar-refractivity contribution < 1.29 is 23.1 Å². The Balaban J connectivity index is 2.05. The number of carbonyl (C=O) groups excluding carboxylic acids is 2. The van der Waals surface area contributed by atoms with Crippen LogP contribution in [0.2, 0.25) is 0 Å². The van der Waals surface area contributed by atoms with Crippen LogP contribution in [0.25, 0.3) is 0 Å².